The van der Waals surface area contributed by atoms with Gasteiger partial charge in [0.1, 0.15) is 11.6 Å². The van der Waals surface area contributed by atoms with Crippen molar-refractivity contribution in [3.8, 4) is 5.82 Å². The number of nitrogens with one attached hydrogen (secondary N) is 1. The highest BCUT2D eigenvalue weighted by Crippen LogP contribution is 2.13. The maximum Gasteiger partial charge on any atom is 0.224 e. The minimum Gasteiger partial charge on any atom is -0.354 e. The van der Waals surface area contributed by atoms with Gasteiger partial charge in [-0.15, -0.1) is 0 Å². The minimum atomic E-state index is 0.667. The average molecular weight is 231 g/mol. The van der Waals surface area contributed by atoms with Crippen LogP contribution in [0.3, 0.4) is 0 Å². The Labute approximate surface area is 101 Å². The van der Waals surface area contributed by atoms with Crippen LogP contribution in [-0.4, -0.2) is 26.1 Å². The summed E-state index contributed by atoms with van der Waals surface area (Å²) in [4.78, 5) is 13.0. The molecule has 0 aromatic carbocycles. The summed E-state index contributed by atoms with van der Waals surface area (Å²) in [6, 6.07) is 0. The van der Waals surface area contributed by atoms with Gasteiger partial charge in [-0.1, -0.05) is 6.92 Å². The van der Waals surface area contributed by atoms with E-state index in [9.17, 15) is 0 Å². The Hall–Kier alpha value is -1.91. The number of nitrogens with zero attached hydrogens (tertiary/aromatic N) is 4. The molecule has 0 amide bonds. The Morgan fingerprint density at radius 2 is 2.12 bits per heavy atom. The lowest BCUT2D eigenvalue weighted by Crippen LogP contribution is -2.09. The highest BCUT2D eigenvalue weighted by molar-refractivity contribution is 5.38. The van der Waals surface area contributed by atoms with Crippen LogP contribution in [0.25, 0.3) is 5.82 Å². The molecule has 0 saturated carbocycles. The standard InChI is InChI=1S/C12H17N5/c1-4-5-14-12-15-8-9(2)11(16-12)17-7-6-13-10(17)3/h6-8H,4-5H2,1-3H3,(H,14,15,16). The first kappa shape index (κ1) is 11.6. The number of imidazole rings is 1. The van der Waals surface area contributed by atoms with Crippen LogP contribution in [-0.2, 0) is 0 Å². The van der Waals surface area contributed by atoms with Gasteiger partial charge in [0.2, 0.25) is 5.95 Å². The number of rotatable bonds is 4. The number of aromatic nitrogens is 4. The van der Waals surface area contributed by atoms with Crippen molar-refractivity contribution in [3.05, 3.63) is 30.0 Å². The number of hydrogen-bond donors (Lipinski definition) is 1. The molecule has 0 aliphatic heterocycles. The predicted octanol–water partition coefficient (Wildman–Crippen LogP) is 2.10. The van der Waals surface area contributed by atoms with Gasteiger partial charge >= 0.3 is 0 Å². The fourth-order valence-corrected chi connectivity index (χ4v) is 1.60. The van der Waals surface area contributed by atoms with E-state index in [0.717, 1.165) is 30.2 Å². The van der Waals surface area contributed by atoms with Gasteiger partial charge in [-0.2, -0.15) is 4.98 Å². The lowest BCUT2D eigenvalue weighted by molar-refractivity contribution is 0.891. The van der Waals surface area contributed by atoms with Crippen molar-refractivity contribution in [2.24, 2.45) is 0 Å². The van der Waals surface area contributed by atoms with Crippen molar-refractivity contribution >= 4 is 5.95 Å². The summed E-state index contributed by atoms with van der Waals surface area (Å²) >= 11 is 0. The summed E-state index contributed by atoms with van der Waals surface area (Å²) in [6.45, 7) is 6.95. The second kappa shape index (κ2) is 4.95. The van der Waals surface area contributed by atoms with Crippen molar-refractivity contribution in [2.75, 3.05) is 11.9 Å². The molecule has 2 rings (SSSR count). The van der Waals surface area contributed by atoms with E-state index in [4.69, 9.17) is 0 Å². The topological polar surface area (TPSA) is 55.6 Å². The monoisotopic (exact) mass is 231 g/mol. The van der Waals surface area contributed by atoms with Crippen LogP contribution >= 0.6 is 0 Å². The molecule has 0 aliphatic rings. The third kappa shape index (κ3) is 2.43. The summed E-state index contributed by atoms with van der Waals surface area (Å²) in [7, 11) is 0. The van der Waals surface area contributed by atoms with Crippen LogP contribution in [0.15, 0.2) is 18.6 Å². The molecule has 17 heavy (non-hydrogen) atoms. The molecule has 0 saturated heterocycles. The van der Waals surface area contributed by atoms with E-state index in [-0.39, 0.29) is 0 Å². The number of aryl methyl sites for hydroxylation is 2. The van der Waals surface area contributed by atoms with Crippen LogP contribution in [0.1, 0.15) is 24.7 Å². The second-order valence-electron chi connectivity index (χ2n) is 3.97. The Morgan fingerprint density at radius 1 is 1.29 bits per heavy atom. The zero-order valence-corrected chi connectivity index (χ0v) is 10.4. The third-order valence-corrected chi connectivity index (χ3v) is 2.53. The fourth-order valence-electron chi connectivity index (χ4n) is 1.60. The van der Waals surface area contributed by atoms with Gasteiger partial charge in [0.05, 0.1) is 0 Å². The van der Waals surface area contributed by atoms with E-state index in [1.807, 2.05) is 30.8 Å². The van der Waals surface area contributed by atoms with Crippen molar-refractivity contribution in [3.63, 3.8) is 0 Å². The molecule has 0 spiro atoms. The second-order valence-corrected chi connectivity index (χ2v) is 3.97. The van der Waals surface area contributed by atoms with Crippen LogP contribution < -0.4 is 5.32 Å². The predicted molar refractivity (Wildman–Crippen MR) is 67.4 cm³/mol. The lowest BCUT2D eigenvalue weighted by atomic mass is 10.3. The Morgan fingerprint density at radius 3 is 2.76 bits per heavy atom. The van der Waals surface area contributed by atoms with Crippen LogP contribution in [0.5, 0.6) is 0 Å². The fraction of sp³-hybridized carbons (Fsp3) is 0.417. The molecule has 5 nitrogen and oxygen atoms in total. The van der Waals surface area contributed by atoms with E-state index in [1.165, 1.54) is 0 Å². The maximum absolute atomic E-state index is 4.51. The van der Waals surface area contributed by atoms with Crippen LogP contribution in [0.2, 0.25) is 0 Å². The molecule has 0 unspecified atom stereocenters. The summed E-state index contributed by atoms with van der Waals surface area (Å²) in [5, 5.41) is 3.19. The van der Waals surface area contributed by atoms with Gasteiger partial charge in [-0.05, 0) is 20.3 Å². The Bertz CT molecular complexity index is 503. The number of anilines is 1. The minimum absolute atomic E-state index is 0.667. The van der Waals surface area contributed by atoms with Crippen LogP contribution in [0.4, 0.5) is 5.95 Å². The molecule has 2 aromatic heterocycles. The average Bonchev–Trinajstić information content (AvgIpc) is 2.74. The molecule has 5 heteroatoms. The SMILES string of the molecule is CCCNc1ncc(C)c(-n2ccnc2C)n1. The van der Waals surface area contributed by atoms with E-state index in [1.54, 1.807) is 6.20 Å². The highest BCUT2D eigenvalue weighted by Gasteiger charge is 2.07. The van der Waals surface area contributed by atoms with Crippen molar-refractivity contribution < 1.29 is 0 Å². The quantitative estimate of drug-likeness (QED) is 0.875. The zero-order valence-electron chi connectivity index (χ0n) is 10.4. The van der Waals surface area contributed by atoms with Crippen LogP contribution in [0, 0.1) is 13.8 Å². The molecule has 0 atom stereocenters. The van der Waals surface area contributed by atoms with Crippen molar-refractivity contribution in [1.82, 2.24) is 19.5 Å². The first-order valence-electron chi connectivity index (χ1n) is 5.80. The van der Waals surface area contributed by atoms with Gasteiger partial charge in [0.15, 0.2) is 0 Å². The van der Waals surface area contributed by atoms with Gasteiger partial charge in [0.25, 0.3) is 0 Å². The molecule has 90 valence electrons. The molecule has 0 radical (unpaired) electrons. The normalized spacial score (nSPS) is 10.5. The van der Waals surface area contributed by atoms with Crippen molar-refractivity contribution in [2.45, 2.75) is 27.2 Å². The van der Waals surface area contributed by atoms with Gasteiger partial charge < -0.3 is 5.32 Å². The van der Waals surface area contributed by atoms with Crippen molar-refractivity contribution in [1.29, 1.82) is 0 Å². The van der Waals surface area contributed by atoms with Gasteiger partial charge in [-0.3, -0.25) is 4.57 Å². The molecular formula is C12H17N5. The summed E-state index contributed by atoms with van der Waals surface area (Å²) in [5.41, 5.74) is 1.04. The first-order valence-corrected chi connectivity index (χ1v) is 5.80. The zero-order chi connectivity index (χ0) is 12.3. The van der Waals surface area contributed by atoms with E-state index in [0.29, 0.717) is 5.95 Å². The third-order valence-electron chi connectivity index (χ3n) is 2.53. The first-order chi connectivity index (χ1) is 8.22. The summed E-state index contributed by atoms with van der Waals surface area (Å²) in [6.07, 6.45) is 6.57. The highest BCUT2D eigenvalue weighted by atomic mass is 15.2. The Kier molecular flexibility index (Phi) is 3.37. The van der Waals surface area contributed by atoms with E-state index >= 15 is 0 Å². The maximum atomic E-state index is 4.51. The molecule has 0 fully saturated rings. The molecule has 0 aliphatic carbocycles. The van der Waals surface area contributed by atoms with Gasteiger partial charge in [-0.25, -0.2) is 9.97 Å². The molecular weight excluding hydrogens is 214 g/mol. The van der Waals surface area contributed by atoms with E-state index in [2.05, 4.69) is 27.2 Å². The molecule has 2 heterocycles. The molecule has 0 bridgehead atoms. The summed E-state index contributed by atoms with van der Waals surface area (Å²) in [5.74, 6) is 2.47. The van der Waals surface area contributed by atoms with Gasteiger partial charge in [0, 0.05) is 30.7 Å². The lowest BCUT2D eigenvalue weighted by Gasteiger charge is -2.10. The molecule has 1 N–H and O–H groups in total. The molecule has 2 aromatic rings. The summed E-state index contributed by atoms with van der Waals surface area (Å²) < 4.78 is 1.97. The Balaban J connectivity index is 2.36. The number of hydrogen-bond acceptors (Lipinski definition) is 4. The largest absolute Gasteiger partial charge is 0.354 e. The smallest absolute Gasteiger partial charge is 0.224 e. The van der Waals surface area contributed by atoms with E-state index < -0.39 is 0 Å².